The first kappa shape index (κ1) is 16.2. The van der Waals surface area contributed by atoms with E-state index in [1.807, 2.05) is 0 Å². The Kier molecular flexibility index (Phi) is 5.20. The Morgan fingerprint density at radius 3 is 2.32 bits per heavy atom. The lowest BCUT2D eigenvalue weighted by Crippen LogP contribution is -2.48. The molecule has 7 heteroatoms. The predicted octanol–water partition coefficient (Wildman–Crippen LogP) is 1.80. The van der Waals surface area contributed by atoms with Gasteiger partial charge in [0.2, 0.25) is 0 Å². The van der Waals surface area contributed by atoms with Gasteiger partial charge in [0, 0.05) is 0 Å². The van der Waals surface area contributed by atoms with E-state index in [0.717, 1.165) is 19.1 Å². The molecule has 1 amide bonds. The zero-order valence-electron chi connectivity index (χ0n) is 11.9. The molecular formula is C12H23NO5S. The summed E-state index contributed by atoms with van der Waals surface area (Å²) >= 11 is 0. The van der Waals surface area contributed by atoms with Crippen molar-refractivity contribution in [1.29, 1.82) is 0 Å². The highest BCUT2D eigenvalue weighted by molar-refractivity contribution is 7.86. The van der Waals surface area contributed by atoms with Crippen molar-refractivity contribution in [3.63, 3.8) is 0 Å². The molecule has 0 heterocycles. The van der Waals surface area contributed by atoms with E-state index in [-0.39, 0.29) is 6.04 Å². The topological polar surface area (TPSA) is 81.7 Å². The Morgan fingerprint density at radius 2 is 1.79 bits per heavy atom. The van der Waals surface area contributed by atoms with Gasteiger partial charge in [0.25, 0.3) is 10.1 Å². The molecular weight excluding hydrogens is 270 g/mol. The number of alkyl carbamates (subject to hydrolysis) is 1. The Labute approximate surface area is 115 Å². The maximum absolute atomic E-state index is 11.7. The minimum atomic E-state index is -3.52. The van der Waals surface area contributed by atoms with E-state index < -0.39 is 27.9 Å². The number of ether oxygens (including phenoxy) is 1. The lowest BCUT2D eigenvalue weighted by molar-refractivity contribution is 0.0408. The van der Waals surface area contributed by atoms with Gasteiger partial charge in [0.1, 0.15) is 5.60 Å². The third-order valence-corrected chi connectivity index (χ3v) is 3.30. The number of amides is 1. The molecule has 0 unspecified atom stereocenters. The Hall–Kier alpha value is -0.820. The van der Waals surface area contributed by atoms with Crippen molar-refractivity contribution in [2.75, 3.05) is 6.26 Å². The molecule has 1 fully saturated rings. The zero-order chi connectivity index (χ0) is 14.7. The lowest BCUT2D eigenvalue weighted by Gasteiger charge is -2.31. The van der Waals surface area contributed by atoms with E-state index in [2.05, 4.69) is 5.32 Å². The summed E-state index contributed by atoms with van der Waals surface area (Å²) in [6.07, 6.45) is 3.12. The molecule has 1 rings (SSSR count). The lowest BCUT2D eigenvalue weighted by atomic mass is 9.93. The number of nitrogens with one attached hydrogen (secondary N) is 1. The van der Waals surface area contributed by atoms with Gasteiger partial charge in [-0.15, -0.1) is 0 Å². The van der Waals surface area contributed by atoms with Gasteiger partial charge in [-0.1, -0.05) is 12.8 Å². The van der Waals surface area contributed by atoms with E-state index in [1.165, 1.54) is 0 Å². The molecule has 0 radical (unpaired) electrons. The van der Waals surface area contributed by atoms with Crippen molar-refractivity contribution < 1.29 is 22.1 Å². The molecule has 1 aliphatic rings. The van der Waals surface area contributed by atoms with Gasteiger partial charge in [-0.25, -0.2) is 4.79 Å². The minimum absolute atomic E-state index is 0.321. The van der Waals surface area contributed by atoms with Crippen molar-refractivity contribution in [2.45, 2.75) is 64.2 Å². The van der Waals surface area contributed by atoms with Crippen LogP contribution in [0.5, 0.6) is 0 Å². The maximum Gasteiger partial charge on any atom is 0.407 e. The van der Waals surface area contributed by atoms with E-state index in [4.69, 9.17) is 8.92 Å². The summed E-state index contributed by atoms with van der Waals surface area (Å²) < 4.78 is 32.6. The molecule has 0 aromatic heterocycles. The van der Waals surface area contributed by atoms with Crippen LogP contribution in [0.25, 0.3) is 0 Å². The fourth-order valence-corrected chi connectivity index (χ4v) is 2.74. The van der Waals surface area contributed by atoms with E-state index in [1.54, 1.807) is 20.8 Å². The number of carbonyl (C=O) groups is 1. The molecule has 0 spiro atoms. The Bertz CT molecular complexity index is 412. The van der Waals surface area contributed by atoms with Crippen molar-refractivity contribution in [1.82, 2.24) is 5.32 Å². The number of rotatable bonds is 3. The average Bonchev–Trinajstić information content (AvgIpc) is 2.15. The van der Waals surface area contributed by atoms with Gasteiger partial charge in [-0.2, -0.15) is 8.42 Å². The third kappa shape index (κ3) is 6.77. The summed E-state index contributed by atoms with van der Waals surface area (Å²) in [7, 11) is -3.52. The standard InChI is InChI=1S/C12H23NO5S/c1-12(2,3)17-11(14)13-9-7-5-6-8-10(9)18-19(4,15)16/h9-10H,5-8H2,1-4H3,(H,13,14)/t9-,10+/m0/s1. The van der Waals surface area contributed by atoms with Crippen LogP contribution in [0.2, 0.25) is 0 Å². The molecule has 0 bridgehead atoms. The molecule has 2 atom stereocenters. The van der Waals surface area contributed by atoms with Crippen LogP contribution < -0.4 is 5.32 Å². The molecule has 0 aliphatic heterocycles. The van der Waals surface area contributed by atoms with Crippen LogP contribution in [0.15, 0.2) is 0 Å². The largest absolute Gasteiger partial charge is 0.444 e. The van der Waals surface area contributed by atoms with Crippen molar-refractivity contribution in [3.05, 3.63) is 0 Å². The molecule has 112 valence electrons. The molecule has 19 heavy (non-hydrogen) atoms. The summed E-state index contributed by atoms with van der Waals surface area (Å²) in [6, 6.07) is -0.321. The second-order valence-electron chi connectivity index (χ2n) is 5.88. The fourth-order valence-electron chi connectivity index (χ4n) is 2.06. The zero-order valence-corrected chi connectivity index (χ0v) is 12.7. The molecule has 0 aromatic rings. The normalized spacial score (nSPS) is 24.8. The van der Waals surface area contributed by atoms with Crippen LogP contribution in [-0.4, -0.2) is 38.5 Å². The maximum atomic E-state index is 11.7. The number of carbonyl (C=O) groups excluding carboxylic acids is 1. The first-order chi connectivity index (χ1) is 8.57. The van der Waals surface area contributed by atoms with Crippen LogP contribution >= 0.6 is 0 Å². The quantitative estimate of drug-likeness (QED) is 0.802. The van der Waals surface area contributed by atoms with E-state index >= 15 is 0 Å². The van der Waals surface area contributed by atoms with Crippen LogP contribution in [-0.2, 0) is 19.0 Å². The van der Waals surface area contributed by atoms with Crippen LogP contribution in [0.4, 0.5) is 4.79 Å². The van der Waals surface area contributed by atoms with E-state index in [9.17, 15) is 13.2 Å². The van der Waals surface area contributed by atoms with Crippen molar-refractivity contribution in [3.8, 4) is 0 Å². The fraction of sp³-hybridized carbons (Fsp3) is 0.917. The average molecular weight is 293 g/mol. The van der Waals surface area contributed by atoms with Gasteiger partial charge in [-0.3, -0.25) is 4.18 Å². The van der Waals surface area contributed by atoms with Crippen LogP contribution in [0.1, 0.15) is 46.5 Å². The molecule has 0 aromatic carbocycles. The highest BCUT2D eigenvalue weighted by Gasteiger charge is 2.31. The highest BCUT2D eigenvalue weighted by Crippen LogP contribution is 2.23. The first-order valence-corrected chi connectivity index (χ1v) is 8.26. The van der Waals surface area contributed by atoms with Crippen LogP contribution in [0.3, 0.4) is 0 Å². The Morgan fingerprint density at radius 1 is 1.21 bits per heavy atom. The minimum Gasteiger partial charge on any atom is -0.444 e. The number of hydrogen-bond donors (Lipinski definition) is 1. The Balaban J connectivity index is 2.60. The van der Waals surface area contributed by atoms with Gasteiger partial charge in [-0.05, 0) is 33.6 Å². The van der Waals surface area contributed by atoms with Gasteiger partial charge < -0.3 is 10.1 Å². The van der Waals surface area contributed by atoms with Crippen molar-refractivity contribution >= 4 is 16.2 Å². The van der Waals surface area contributed by atoms with Gasteiger partial charge in [0.05, 0.1) is 18.4 Å². The van der Waals surface area contributed by atoms with Gasteiger partial charge >= 0.3 is 6.09 Å². The second kappa shape index (κ2) is 6.09. The summed E-state index contributed by atoms with van der Waals surface area (Å²) in [5, 5.41) is 2.70. The monoisotopic (exact) mass is 293 g/mol. The molecule has 6 nitrogen and oxygen atoms in total. The van der Waals surface area contributed by atoms with Crippen molar-refractivity contribution in [2.24, 2.45) is 0 Å². The molecule has 1 aliphatic carbocycles. The third-order valence-electron chi connectivity index (χ3n) is 2.70. The predicted molar refractivity (Wildman–Crippen MR) is 71.3 cm³/mol. The molecule has 1 N–H and O–H groups in total. The number of hydrogen-bond acceptors (Lipinski definition) is 5. The smallest absolute Gasteiger partial charge is 0.407 e. The highest BCUT2D eigenvalue weighted by atomic mass is 32.2. The SMILES string of the molecule is CC(C)(C)OC(=O)N[C@H]1CCCC[C@H]1OS(C)(=O)=O. The summed E-state index contributed by atoms with van der Waals surface area (Å²) in [4.78, 5) is 11.7. The van der Waals surface area contributed by atoms with Gasteiger partial charge in [0.15, 0.2) is 0 Å². The summed E-state index contributed by atoms with van der Waals surface area (Å²) in [5.74, 6) is 0. The molecule has 0 saturated heterocycles. The summed E-state index contributed by atoms with van der Waals surface area (Å²) in [5.41, 5.74) is -0.577. The van der Waals surface area contributed by atoms with Crippen LogP contribution in [0, 0.1) is 0 Å². The second-order valence-corrected chi connectivity index (χ2v) is 7.48. The molecule has 1 saturated carbocycles. The summed E-state index contributed by atoms with van der Waals surface area (Å²) in [6.45, 7) is 5.33. The van der Waals surface area contributed by atoms with E-state index in [0.29, 0.717) is 12.8 Å². The first-order valence-electron chi connectivity index (χ1n) is 6.44.